The van der Waals surface area contributed by atoms with E-state index >= 15 is 0 Å². The van der Waals surface area contributed by atoms with Gasteiger partial charge in [-0.05, 0) is 37.3 Å². The maximum atomic E-state index is 12.8. The number of amides is 2. The number of benzene rings is 1. The first kappa shape index (κ1) is 15.5. The van der Waals surface area contributed by atoms with Crippen molar-refractivity contribution in [3.63, 3.8) is 0 Å². The van der Waals surface area contributed by atoms with E-state index in [9.17, 15) is 9.59 Å². The maximum Gasteiger partial charge on any atom is 0.263 e. The molecule has 3 heterocycles. The summed E-state index contributed by atoms with van der Waals surface area (Å²) in [5.74, 6) is 1.19. The summed E-state index contributed by atoms with van der Waals surface area (Å²) in [5.41, 5.74) is 1.27. The van der Waals surface area contributed by atoms with Crippen LogP contribution in [-0.2, 0) is 16.0 Å². The smallest absolute Gasteiger partial charge is 0.263 e. The van der Waals surface area contributed by atoms with E-state index in [2.05, 4.69) is 6.07 Å². The molecule has 2 saturated heterocycles. The summed E-state index contributed by atoms with van der Waals surface area (Å²) >= 11 is 0. The zero-order valence-electron chi connectivity index (χ0n) is 14.2. The highest BCUT2D eigenvalue weighted by Gasteiger charge is 2.45. The summed E-state index contributed by atoms with van der Waals surface area (Å²) in [6, 6.07) is 7.96. The molecule has 5 heteroatoms. The fraction of sp³-hybridized carbons (Fsp3) is 0.579. The van der Waals surface area contributed by atoms with Crippen LogP contribution in [0.2, 0.25) is 0 Å². The van der Waals surface area contributed by atoms with E-state index < -0.39 is 0 Å². The molecule has 1 aromatic carbocycles. The Balaban J connectivity index is 1.38. The Bertz CT molecular complexity index is 664. The quantitative estimate of drug-likeness (QED) is 0.790. The first-order valence-electron chi connectivity index (χ1n) is 8.84. The molecule has 3 aliphatic rings. The van der Waals surface area contributed by atoms with Gasteiger partial charge < -0.3 is 14.5 Å². The predicted octanol–water partition coefficient (Wildman–Crippen LogP) is 1.85. The fourth-order valence-electron chi connectivity index (χ4n) is 4.34. The van der Waals surface area contributed by atoms with Crippen LogP contribution in [-0.4, -0.2) is 54.4 Å². The molecular formula is C19H24N2O3. The molecule has 0 aliphatic carbocycles. The SMILES string of the molecule is CN1CC2(CCN(C(=O)[C@H]3CCc4ccccc4O3)CC2)CC1=O. The number of hydrogen-bond acceptors (Lipinski definition) is 3. The highest BCUT2D eigenvalue weighted by atomic mass is 16.5. The first-order valence-corrected chi connectivity index (χ1v) is 8.84. The van der Waals surface area contributed by atoms with Crippen LogP contribution >= 0.6 is 0 Å². The molecule has 0 N–H and O–H groups in total. The molecule has 0 radical (unpaired) electrons. The second-order valence-electron chi connectivity index (χ2n) is 7.50. The third kappa shape index (κ3) is 2.66. The van der Waals surface area contributed by atoms with E-state index in [0.29, 0.717) is 6.42 Å². The van der Waals surface area contributed by atoms with Gasteiger partial charge in [0.05, 0.1) is 0 Å². The number of para-hydroxylation sites is 1. The van der Waals surface area contributed by atoms with E-state index in [0.717, 1.165) is 51.1 Å². The molecule has 0 saturated carbocycles. The summed E-state index contributed by atoms with van der Waals surface area (Å²) in [6.07, 6.45) is 3.75. The average molecular weight is 328 g/mol. The third-order valence-electron chi connectivity index (χ3n) is 5.85. The molecule has 128 valence electrons. The highest BCUT2D eigenvalue weighted by Crippen LogP contribution is 2.40. The average Bonchev–Trinajstić information content (AvgIpc) is 2.88. The lowest BCUT2D eigenvalue weighted by Gasteiger charge is -2.40. The second kappa shape index (κ2) is 5.80. The molecule has 1 atom stereocenters. The number of hydrogen-bond donors (Lipinski definition) is 0. The Morgan fingerprint density at radius 2 is 2.00 bits per heavy atom. The summed E-state index contributed by atoms with van der Waals surface area (Å²) in [7, 11) is 1.88. The summed E-state index contributed by atoms with van der Waals surface area (Å²) in [5, 5.41) is 0. The minimum absolute atomic E-state index is 0.0859. The van der Waals surface area contributed by atoms with E-state index in [1.165, 1.54) is 5.56 Å². The molecule has 1 spiro atoms. The molecule has 24 heavy (non-hydrogen) atoms. The zero-order valence-corrected chi connectivity index (χ0v) is 14.2. The van der Waals surface area contributed by atoms with Crippen molar-refractivity contribution in [3.8, 4) is 5.75 Å². The van der Waals surface area contributed by atoms with Gasteiger partial charge in [-0.3, -0.25) is 9.59 Å². The van der Waals surface area contributed by atoms with Crippen LogP contribution in [0.5, 0.6) is 5.75 Å². The third-order valence-corrected chi connectivity index (χ3v) is 5.85. The Hall–Kier alpha value is -2.04. The number of carbonyl (C=O) groups excluding carboxylic acids is 2. The van der Waals surface area contributed by atoms with Gasteiger partial charge in [0.1, 0.15) is 5.75 Å². The topological polar surface area (TPSA) is 49.9 Å². The molecule has 2 amide bonds. The fourth-order valence-corrected chi connectivity index (χ4v) is 4.34. The van der Waals surface area contributed by atoms with Crippen molar-refractivity contribution in [2.75, 3.05) is 26.7 Å². The molecule has 3 aliphatic heterocycles. The molecule has 2 fully saturated rings. The Kier molecular flexibility index (Phi) is 3.74. The van der Waals surface area contributed by atoms with Crippen LogP contribution in [0.3, 0.4) is 0 Å². The molecule has 4 rings (SSSR count). The van der Waals surface area contributed by atoms with Crippen molar-refractivity contribution in [2.45, 2.75) is 38.2 Å². The molecule has 0 aromatic heterocycles. The van der Waals surface area contributed by atoms with Crippen molar-refractivity contribution in [1.82, 2.24) is 9.80 Å². The van der Waals surface area contributed by atoms with Gasteiger partial charge in [0.2, 0.25) is 5.91 Å². The van der Waals surface area contributed by atoms with Gasteiger partial charge in [0.15, 0.2) is 6.10 Å². The van der Waals surface area contributed by atoms with Crippen LogP contribution in [0.4, 0.5) is 0 Å². The molecule has 5 nitrogen and oxygen atoms in total. The lowest BCUT2D eigenvalue weighted by atomic mass is 9.77. The normalized spacial score (nSPS) is 25.5. The lowest BCUT2D eigenvalue weighted by Crippen LogP contribution is -2.49. The maximum absolute atomic E-state index is 12.8. The minimum Gasteiger partial charge on any atom is -0.480 e. The van der Waals surface area contributed by atoms with E-state index in [1.807, 2.05) is 35.0 Å². The Labute approximate surface area is 142 Å². The standard InChI is InChI=1S/C19H24N2O3/c1-20-13-19(12-17(20)22)8-10-21(11-9-19)18(23)16-7-6-14-4-2-3-5-15(14)24-16/h2-5,16H,6-13H2,1H3/t16-/m1/s1. The van der Waals surface area contributed by atoms with Gasteiger partial charge in [-0.1, -0.05) is 18.2 Å². The predicted molar refractivity (Wildman–Crippen MR) is 89.7 cm³/mol. The largest absolute Gasteiger partial charge is 0.480 e. The number of carbonyl (C=O) groups is 2. The van der Waals surface area contributed by atoms with Crippen molar-refractivity contribution in [3.05, 3.63) is 29.8 Å². The van der Waals surface area contributed by atoms with Gasteiger partial charge in [-0.2, -0.15) is 0 Å². The molecular weight excluding hydrogens is 304 g/mol. The van der Waals surface area contributed by atoms with Crippen molar-refractivity contribution in [1.29, 1.82) is 0 Å². The monoisotopic (exact) mass is 328 g/mol. The molecule has 1 aromatic rings. The lowest BCUT2D eigenvalue weighted by molar-refractivity contribution is -0.141. The van der Waals surface area contributed by atoms with Crippen LogP contribution in [0.15, 0.2) is 24.3 Å². The second-order valence-corrected chi connectivity index (χ2v) is 7.50. The summed E-state index contributed by atoms with van der Waals surface area (Å²) in [6.45, 7) is 2.31. The van der Waals surface area contributed by atoms with Crippen molar-refractivity contribution < 1.29 is 14.3 Å². The van der Waals surface area contributed by atoms with Gasteiger partial charge in [0, 0.05) is 38.5 Å². The number of rotatable bonds is 1. The zero-order chi connectivity index (χ0) is 16.7. The molecule has 0 unspecified atom stereocenters. The van der Waals surface area contributed by atoms with Crippen molar-refractivity contribution in [2.24, 2.45) is 5.41 Å². The van der Waals surface area contributed by atoms with Crippen LogP contribution < -0.4 is 4.74 Å². The number of nitrogens with zero attached hydrogens (tertiary/aromatic N) is 2. The van der Waals surface area contributed by atoms with E-state index in [-0.39, 0.29) is 23.3 Å². The number of ether oxygens (including phenoxy) is 1. The van der Waals surface area contributed by atoms with E-state index in [4.69, 9.17) is 4.74 Å². The highest BCUT2D eigenvalue weighted by molar-refractivity contribution is 5.82. The van der Waals surface area contributed by atoms with Crippen molar-refractivity contribution >= 4 is 11.8 Å². The summed E-state index contributed by atoms with van der Waals surface area (Å²) in [4.78, 5) is 28.4. The van der Waals surface area contributed by atoms with E-state index in [1.54, 1.807) is 0 Å². The van der Waals surface area contributed by atoms with Crippen LogP contribution in [0.25, 0.3) is 0 Å². The van der Waals surface area contributed by atoms with Gasteiger partial charge in [0.25, 0.3) is 5.91 Å². The van der Waals surface area contributed by atoms with Crippen LogP contribution in [0, 0.1) is 5.41 Å². The van der Waals surface area contributed by atoms with Crippen LogP contribution in [0.1, 0.15) is 31.2 Å². The Morgan fingerprint density at radius 1 is 1.25 bits per heavy atom. The van der Waals surface area contributed by atoms with Gasteiger partial charge in [-0.15, -0.1) is 0 Å². The van der Waals surface area contributed by atoms with Gasteiger partial charge >= 0.3 is 0 Å². The number of aryl methyl sites for hydroxylation is 1. The number of fused-ring (bicyclic) bond motifs is 1. The summed E-state index contributed by atoms with van der Waals surface area (Å²) < 4.78 is 5.94. The van der Waals surface area contributed by atoms with Gasteiger partial charge in [-0.25, -0.2) is 0 Å². The Morgan fingerprint density at radius 3 is 2.71 bits per heavy atom. The minimum atomic E-state index is -0.359. The number of likely N-dealkylation sites (tertiary alicyclic amines) is 2. The first-order chi connectivity index (χ1) is 11.6. The number of piperidine rings is 1. The molecule has 0 bridgehead atoms.